The van der Waals surface area contributed by atoms with E-state index in [9.17, 15) is 18.0 Å². The van der Waals surface area contributed by atoms with Crippen molar-refractivity contribution in [2.45, 2.75) is 39.5 Å². The van der Waals surface area contributed by atoms with E-state index < -0.39 is 15.9 Å². The van der Waals surface area contributed by atoms with E-state index in [1.54, 1.807) is 39.8 Å². The molecule has 1 aliphatic rings. The fourth-order valence-corrected chi connectivity index (χ4v) is 5.74. The smallest absolute Gasteiger partial charge is 0.272 e. The molecule has 0 radical (unpaired) electrons. The van der Waals surface area contributed by atoms with Crippen LogP contribution in [0.4, 0.5) is 11.4 Å². The normalized spacial score (nSPS) is 14.5. The van der Waals surface area contributed by atoms with E-state index in [1.807, 2.05) is 0 Å². The Bertz CT molecular complexity index is 1150. The van der Waals surface area contributed by atoms with Crippen LogP contribution in [0.5, 0.6) is 0 Å². The number of carbonyl (C=O) groups excluding carboxylic acids is 2. The third kappa shape index (κ3) is 4.97. The van der Waals surface area contributed by atoms with Crippen molar-refractivity contribution in [3.05, 3.63) is 40.7 Å². The zero-order valence-corrected chi connectivity index (χ0v) is 20.6. The molecule has 0 unspecified atom stereocenters. The summed E-state index contributed by atoms with van der Waals surface area (Å²) < 4.78 is 33.0. The van der Waals surface area contributed by atoms with Crippen LogP contribution < -0.4 is 10.2 Å². The number of Topliss-reactive ketones (excluding diaryl/α,β-unsaturated/α-hetero) is 1. The highest BCUT2D eigenvalue weighted by atomic mass is 32.2. The van der Waals surface area contributed by atoms with Gasteiger partial charge in [0.05, 0.1) is 29.5 Å². The van der Waals surface area contributed by atoms with Gasteiger partial charge in [0.1, 0.15) is 5.69 Å². The Kier molecular flexibility index (Phi) is 7.61. The topological polar surface area (TPSA) is 112 Å². The Labute approximate surface area is 195 Å². The summed E-state index contributed by atoms with van der Waals surface area (Å²) in [4.78, 5) is 30.4. The van der Waals surface area contributed by atoms with Crippen LogP contribution >= 0.6 is 0 Å². The summed E-state index contributed by atoms with van der Waals surface area (Å²) in [5.74, 6) is -0.559. The molecule has 0 atom stereocenters. The van der Waals surface area contributed by atoms with E-state index >= 15 is 0 Å². The maximum Gasteiger partial charge on any atom is 0.272 e. The molecule has 2 aromatic rings. The third-order valence-corrected chi connectivity index (χ3v) is 7.97. The van der Waals surface area contributed by atoms with Gasteiger partial charge in [0.25, 0.3) is 5.91 Å². The molecule has 1 aliphatic heterocycles. The van der Waals surface area contributed by atoms with Crippen LogP contribution in [0.2, 0.25) is 0 Å². The van der Waals surface area contributed by atoms with E-state index in [-0.39, 0.29) is 16.4 Å². The van der Waals surface area contributed by atoms with E-state index in [0.29, 0.717) is 61.9 Å². The number of aryl methyl sites for hydroxylation is 1. The van der Waals surface area contributed by atoms with Crippen molar-refractivity contribution in [1.29, 1.82) is 0 Å². The van der Waals surface area contributed by atoms with Crippen molar-refractivity contribution in [2.75, 3.05) is 49.6 Å². The number of sulfonamides is 1. The van der Waals surface area contributed by atoms with E-state index in [1.165, 1.54) is 17.3 Å². The summed E-state index contributed by atoms with van der Waals surface area (Å²) in [7, 11) is -3.71. The lowest BCUT2D eigenvalue weighted by Crippen LogP contribution is -2.37. The minimum Gasteiger partial charge on any atom is -0.378 e. The van der Waals surface area contributed by atoms with Gasteiger partial charge in [-0.15, -0.1) is 0 Å². The van der Waals surface area contributed by atoms with Crippen molar-refractivity contribution in [3.63, 3.8) is 0 Å². The second-order valence-electron chi connectivity index (χ2n) is 8.00. The minimum absolute atomic E-state index is 0.113. The Balaban J connectivity index is 2.05. The van der Waals surface area contributed by atoms with Crippen molar-refractivity contribution in [3.8, 4) is 0 Å². The molecule has 0 aliphatic carbocycles. The standard InChI is InChI=1S/C23H32N4O5S/c1-6-27(7-2)33(30,31)18-8-9-20(26-10-12-32-13-11-26)19(14-18)25-23(29)22-15(3)21(17(5)28)16(4)24-22/h8-9,14,24H,6-7,10-13H2,1-5H3,(H,25,29). The number of rotatable bonds is 8. The summed E-state index contributed by atoms with van der Waals surface area (Å²) in [6, 6.07) is 4.81. The molecule has 3 rings (SSSR count). The van der Waals surface area contributed by atoms with Crippen molar-refractivity contribution in [1.82, 2.24) is 9.29 Å². The number of nitrogens with zero attached hydrogens (tertiary/aromatic N) is 2. The number of aromatic nitrogens is 1. The maximum atomic E-state index is 13.2. The summed E-state index contributed by atoms with van der Waals surface area (Å²) in [6.45, 7) is 11.5. The van der Waals surface area contributed by atoms with Crippen LogP contribution in [-0.2, 0) is 14.8 Å². The molecule has 2 heterocycles. The molecule has 0 spiro atoms. The highest BCUT2D eigenvalue weighted by Gasteiger charge is 2.26. The van der Waals surface area contributed by atoms with Crippen molar-refractivity contribution < 1.29 is 22.7 Å². The van der Waals surface area contributed by atoms with Crippen LogP contribution in [-0.4, -0.2) is 68.8 Å². The second-order valence-corrected chi connectivity index (χ2v) is 9.94. The molecule has 0 bridgehead atoms. The monoisotopic (exact) mass is 476 g/mol. The molecule has 9 nitrogen and oxygen atoms in total. The molecule has 1 amide bonds. The van der Waals surface area contributed by atoms with E-state index in [4.69, 9.17) is 4.74 Å². The first kappa shape index (κ1) is 24.9. The molecule has 33 heavy (non-hydrogen) atoms. The average molecular weight is 477 g/mol. The van der Waals surface area contributed by atoms with Gasteiger partial charge in [0.15, 0.2) is 5.78 Å². The van der Waals surface area contributed by atoms with Crippen LogP contribution in [0.3, 0.4) is 0 Å². The summed E-state index contributed by atoms with van der Waals surface area (Å²) in [5.41, 5.74) is 3.08. The molecule has 10 heteroatoms. The molecule has 180 valence electrons. The first-order valence-corrected chi connectivity index (χ1v) is 12.5. The Hall–Kier alpha value is -2.69. The number of hydrogen-bond acceptors (Lipinski definition) is 6. The van der Waals surface area contributed by atoms with Gasteiger partial charge in [-0.05, 0) is 44.5 Å². The lowest BCUT2D eigenvalue weighted by molar-refractivity contribution is 0.101. The quantitative estimate of drug-likeness (QED) is 0.567. The maximum absolute atomic E-state index is 13.2. The number of H-pyrrole nitrogens is 1. The van der Waals surface area contributed by atoms with Crippen LogP contribution in [0.25, 0.3) is 0 Å². The van der Waals surface area contributed by atoms with Gasteiger partial charge in [-0.1, -0.05) is 13.8 Å². The molecule has 2 N–H and O–H groups in total. The first-order valence-electron chi connectivity index (χ1n) is 11.1. The minimum atomic E-state index is -3.71. The number of benzene rings is 1. The lowest BCUT2D eigenvalue weighted by Gasteiger charge is -2.31. The third-order valence-electron chi connectivity index (χ3n) is 5.93. The summed E-state index contributed by atoms with van der Waals surface area (Å²) >= 11 is 0. The fourth-order valence-electron chi connectivity index (χ4n) is 4.26. The Morgan fingerprint density at radius 1 is 1.15 bits per heavy atom. The summed E-state index contributed by atoms with van der Waals surface area (Å²) in [6.07, 6.45) is 0. The molecule has 0 saturated carbocycles. The lowest BCUT2D eigenvalue weighted by atomic mass is 10.1. The number of hydrogen-bond donors (Lipinski definition) is 2. The number of carbonyl (C=O) groups is 2. The Morgan fingerprint density at radius 2 is 1.79 bits per heavy atom. The van der Waals surface area contributed by atoms with Gasteiger partial charge in [0.2, 0.25) is 10.0 Å². The molecular formula is C23H32N4O5S. The predicted octanol–water partition coefficient (Wildman–Crippen LogP) is 2.95. The molecule has 1 aromatic carbocycles. The zero-order valence-electron chi connectivity index (χ0n) is 19.8. The molecule has 1 saturated heterocycles. The SMILES string of the molecule is CCN(CC)S(=O)(=O)c1ccc(N2CCOCC2)c(NC(=O)c2[nH]c(C)c(C(C)=O)c2C)c1. The number of morpholine rings is 1. The van der Waals surface area contributed by atoms with E-state index in [0.717, 1.165) is 5.69 Å². The largest absolute Gasteiger partial charge is 0.378 e. The highest BCUT2D eigenvalue weighted by Crippen LogP contribution is 2.32. The van der Waals surface area contributed by atoms with Crippen LogP contribution in [0.1, 0.15) is 52.9 Å². The highest BCUT2D eigenvalue weighted by molar-refractivity contribution is 7.89. The predicted molar refractivity (Wildman–Crippen MR) is 128 cm³/mol. The number of aromatic amines is 1. The number of anilines is 2. The van der Waals surface area contributed by atoms with Gasteiger partial charge < -0.3 is 19.9 Å². The fraction of sp³-hybridized carbons (Fsp3) is 0.478. The van der Waals surface area contributed by atoms with Gasteiger partial charge in [-0.25, -0.2) is 8.42 Å². The molecular weight excluding hydrogens is 444 g/mol. The molecule has 1 aromatic heterocycles. The number of ether oxygens (including phenoxy) is 1. The zero-order chi connectivity index (χ0) is 24.3. The van der Waals surface area contributed by atoms with Gasteiger partial charge in [-0.2, -0.15) is 4.31 Å². The van der Waals surface area contributed by atoms with Crippen molar-refractivity contribution in [2.24, 2.45) is 0 Å². The van der Waals surface area contributed by atoms with Crippen LogP contribution in [0, 0.1) is 13.8 Å². The Morgan fingerprint density at radius 3 is 2.33 bits per heavy atom. The van der Waals surface area contributed by atoms with Crippen LogP contribution in [0.15, 0.2) is 23.1 Å². The number of nitrogens with one attached hydrogen (secondary N) is 2. The number of ketones is 1. The van der Waals surface area contributed by atoms with E-state index in [2.05, 4.69) is 15.2 Å². The van der Waals surface area contributed by atoms with Gasteiger partial charge in [0, 0.05) is 37.4 Å². The average Bonchev–Trinajstić information content (AvgIpc) is 3.09. The van der Waals surface area contributed by atoms with Gasteiger partial charge >= 0.3 is 0 Å². The second kappa shape index (κ2) is 10.1. The van der Waals surface area contributed by atoms with Gasteiger partial charge in [-0.3, -0.25) is 9.59 Å². The summed E-state index contributed by atoms with van der Waals surface area (Å²) in [5, 5.41) is 2.88. The molecule has 1 fully saturated rings. The number of amides is 1. The first-order chi connectivity index (χ1) is 15.6. The van der Waals surface area contributed by atoms with Crippen molar-refractivity contribution >= 4 is 33.1 Å².